The van der Waals surface area contributed by atoms with E-state index in [2.05, 4.69) is 5.32 Å². The zero-order valence-electron chi connectivity index (χ0n) is 9.92. The van der Waals surface area contributed by atoms with Crippen molar-refractivity contribution in [3.63, 3.8) is 0 Å². The van der Waals surface area contributed by atoms with Crippen LogP contribution in [0.3, 0.4) is 0 Å². The Labute approximate surface area is 116 Å². The number of nitrogens with one attached hydrogen (secondary N) is 1. The molecule has 1 fully saturated rings. The van der Waals surface area contributed by atoms with Crippen molar-refractivity contribution in [3.05, 3.63) is 28.2 Å². The molecule has 0 saturated carbocycles. The third kappa shape index (κ3) is 3.87. The molecule has 1 aliphatic rings. The zero-order chi connectivity index (χ0) is 13.0. The predicted molar refractivity (Wildman–Crippen MR) is 73.3 cm³/mol. The summed E-state index contributed by atoms with van der Waals surface area (Å²) in [6, 6.07) is 5.04. The number of carbonyl (C=O) groups is 1. The highest BCUT2D eigenvalue weighted by atomic mass is 35.5. The zero-order valence-corrected chi connectivity index (χ0v) is 11.4. The fourth-order valence-corrected chi connectivity index (χ4v) is 2.26. The van der Waals surface area contributed by atoms with Gasteiger partial charge in [-0.3, -0.25) is 4.79 Å². The second-order valence-electron chi connectivity index (χ2n) is 4.37. The molecule has 2 rings (SSSR count). The van der Waals surface area contributed by atoms with E-state index in [0.29, 0.717) is 22.2 Å². The predicted octanol–water partition coefficient (Wildman–Crippen LogP) is 3.89. The molecule has 18 heavy (non-hydrogen) atoms. The van der Waals surface area contributed by atoms with Crippen LogP contribution in [-0.4, -0.2) is 18.6 Å². The standard InChI is InChI=1S/C13H15Cl2NO2/c14-11-5-4-9(7-12(11)15)16-13(17)8-10-3-1-2-6-18-10/h4-5,7,10H,1-3,6,8H2,(H,16,17). The quantitative estimate of drug-likeness (QED) is 0.916. The molecule has 0 spiro atoms. The molecule has 1 aromatic rings. The molecular formula is C13H15Cl2NO2. The van der Waals surface area contributed by atoms with Gasteiger partial charge in [-0.25, -0.2) is 0 Å². The van der Waals surface area contributed by atoms with E-state index in [1.807, 2.05) is 0 Å². The molecule has 5 heteroatoms. The summed E-state index contributed by atoms with van der Waals surface area (Å²) in [5.41, 5.74) is 0.658. The molecule has 0 radical (unpaired) electrons. The molecule has 0 bridgehead atoms. The molecule has 0 aromatic heterocycles. The van der Waals surface area contributed by atoms with Crippen molar-refractivity contribution in [2.75, 3.05) is 11.9 Å². The Kier molecular flexibility index (Phi) is 4.87. The van der Waals surface area contributed by atoms with Gasteiger partial charge in [0.15, 0.2) is 0 Å². The topological polar surface area (TPSA) is 38.3 Å². The molecule has 1 aliphatic heterocycles. The number of ether oxygens (including phenoxy) is 1. The molecule has 1 unspecified atom stereocenters. The fraction of sp³-hybridized carbons (Fsp3) is 0.462. The van der Waals surface area contributed by atoms with Crippen molar-refractivity contribution >= 4 is 34.8 Å². The second kappa shape index (κ2) is 6.41. The Morgan fingerprint density at radius 3 is 2.83 bits per heavy atom. The normalized spacial score (nSPS) is 19.6. The van der Waals surface area contributed by atoms with Crippen molar-refractivity contribution in [2.45, 2.75) is 31.8 Å². The van der Waals surface area contributed by atoms with Crippen LogP contribution in [0.2, 0.25) is 10.0 Å². The van der Waals surface area contributed by atoms with Gasteiger partial charge in [0.25, 0.3) is 0 Å². The lowest BCUT2D eigenvalue weighted by Crippen LogP contribution is -2.25. The summed E-state index contributed by atoms with van der Waals surface area (Å²) in [6.45, 7) is 0.755. The molecule has 1 heterocycles. The maximum Gasteiger partial charge on any atom is 0.226 e. The van der Waals surface area contributed by atoms with Gasteiger partial charge in [0, 0.05) is 12.3 Å². The summed E-state index contributed by atoms with van der Waals surface area (Å²) in [5.74, 6) is -0.0553. The highest BCUT2D eigenvalue weighted by Crippen LogP contribution is 2.25. The van der Waals surface area contributed by atoms with E-state index in [-0.39, 0.29) is 12.0 Å². The van der Waals surface area contributed by atoms with Gasteiger partial charge in [0.1, 0.15) is 0 Å². The van der Waals surface area contributed by atoms with Crippen LogP contribution in [0.25, 0.3) is 0 Å². The van der Waals surface area contributed by atoms with Gasteiger partial charge in [0.05, 0.1) is 22.6 Å². The first-order valence-electron chi connectivity index (χ1n) is 6.01. The molecule has 1 N–H and O–H groups in total. The van der Waals surface area contributed by atoms with Crippen LogP contribution in [0.5, 0.6) is 0 Å². The number of carbonyl (C=O) groups excluding carboxylic acids is 1. The minimum absolute atomic E-state index is 0.0431. The van der Waals surface area contributed by atoms with E-state index in [1.54, 1.807) is 18.2 Å². The van der Waals surface area contributed by atoms with Crippen LogP contribution in [-0.2, 0) is 9.53 Å². The highest BCUT2D eigenvalue weighted by molar-refractivity contribution is 6.42. The Morgan fingerprint density at radius 1 is 1.33 bits per heavy atom. The maximum absolute atomic E-state index is 11.8. The highest BCUT2D eigenvalue weighted by Gasteiger charge is 2.17. The number of hydrogen-bond acceptors (Lipinski definition) is 2. The van der Waals surface area contributed by atoms with Crippen LogP contribution in [0.4, 0.5) is 5.69 Å². The summed E-state index contributed by atoms with van der Waals surface area (Å²) in [5, 5.41) is 3.71. The average molecular weight is 288 g/mol. The summed E-state index contributed by atoms with van der Waals surface area (Å²) < 4.78 is 5.52. The summed E-state index contributed by atoms with van der Waals surface area (Å²) in [4.78, 5) is 11.8. The average Bonchev–Trinajstić information content (AvgIpc) is 2.35. The Morgan fingerprint density at radius 2 is 2.17 bits per heavy atom. The van der Waals surface area contributed by atoms with Crippen molar-refractivity contribution in [1.29, 1.82) is 0 Å². The van der Waals surface area contributed by atoms with E-state index in [9.17, 15) is 4.79 Å². The van der Waals surface area contributed by atoms with Crippen molar-refractivity contribution in [2.24, 2.45) is 0 Å². The first-order valence-corrected chi connectivity index (χ1v) is 6.77. The number of amides is 1. The van der Waals surface area contributed by atoms with Gasteiger partial charge in [-0.2, -0.15) is 0 Å². The van der Waals surface area contributed by atoms with Crippen LogP contribution in [0.1, 0.15) is 25.7 Å². The van der Waals surface area contributed by atoms with Gasteiger partial charge in [-0.15, -0.1) is 0 Å². The van der Waals surface area contributed by atoms with E-state index in [1.165, 1.54) is 0 Å². The molecule has 1 amide bonds. The van der Waals surface area contributed by atoms with Crippen molar-refractivity contribution < 1.29 is 9.53 Å². The lowest BCUT2D eigenvalue weighted by molar-refractivity contribution is -0.119. The number of rotatable bonds is 3. The van der Waals surface area contributed by atoms with Gasteiger partial charge in [0.2, 0.25) is 5.91 Å². The fourth-order valence-electron chi connectivity index (χ4n) is 1.96. The van der Waals surface area contributed by atoms with Gasteiger partial charge in [-0.1, -0.05) is 23.2 Å². The largest absolute Gasteiger partial charge is 0.378 e. The van der Waals surface area contributed by atoms with E-state index in [4.69, 9.17) is 27.9 Å². The third-order valence-electron chi connectivity index (χ3n) is 2.89. The molecule has 3 nitrogen and oxygen atoms in total. The van der Waals surface area contributed by atoms with E-state index in [0.717, 1.165) is 25.9 Å². The van der Waals surface area contributed by atoms with Crippen molar-refractivity contribution in [3.8, 4) is 0 Å². The SMILES string of the molecule is O=C(CC1CCCCO1)Nc1ccc(Cl)c(Cl)c1. The number of anilines is 1. The minimum atomic E-state index is -0.0553. The molecule has 0 aliphatic carbocycles. The lowest BCUT2D eigenvalue weighted by Gasteiger charge is -2.21. The van der Waals surface area contributed by atoms with Crippen LogP contribution in [0, 0.1) is 0 Å². The monoisotopic (exact) mass is 287 g/mol. The smallest absolute Gasteiger partial charge is 0.226 e. The molecule has 98 valence electrons. The number of halogens is 2. The summed E-state index contributed by atoms with van der Waals surface area (Å²) >= 11 is 11.7. The number of benzene rings is 1. The molecule has 1 aromatic carbocycles. The summed E-state index contributed by atoms with van der Waals surface area (Å²) in [7, 11) is 0. The molecule has 1 saturated heterocycles. The second-order valence-corrected chi connectivity index (χ2v) is 5.18. The Bertz CT molecular complexity index is 431. The molecule has 1 atom stereocenters. The van der Waals surface area contributed by atoms with Gasteiger partial charge in [-0.05, 0) is 37.5 Å². The maximum atomic E-state index is 11.8. The van der Waals surface area contributed by atoms with Crippen LogP contribution < -0.4 is 5.32 Å². The van der Waals surface area contributed by atoms with Crippen LogP contribution in [0.15, 0.2) is 18.2 Å². The molecular weight excluding hydrogens is 273 g/mol. The van der Waals surface area contributed by atoms with E-state index >= 15 is 0 Å². The van der Waals surface area contributed by atoms with Crippen LogP contribution >= 0.6 is 23.2 Å². The number of hydrogen-bond donors (Lipinski definition) is 1. The Balaban J connectivity index is 1.88. The minimum Gasteiger partial charge on any atom is -0.378 e. The van der Waals surface area contributed by atoms with Gasteiger partial charge >= 0.3 is 0 Å². The summed E-state index contributed by atoms with van der Waals surface area (Å²) in [6.07, 6.45) is 3.60. The first-order chi connectivity index (χ1) is 8.65. The lowest BCUT2D eigenvalue weighted by atomic mass is 10.1. The first kappa shape index (κ1) is 13.7. The Hall–Kier alpha value is -0.770. The van der Waals surface area contributed by atoms with E-state index < -0.39 is 0 Å². The third-order valence-corrected chi connectivity index (χ3v) is 3.63. The van der Waals surface area contributed by atoms with Crippen molar-refractivity contribution in [1.82, 2.24) is 0 Å². The van der Waals surface area contributed by atoms with Gasteiger partial charge < -0.3 is 10.1 Å².